The van der Waals surface area contributed by atoms with Gasteiger partial charge in [0.05, 0.1) is 13.0 Å². The third kappa shape index (κ3) is 3.54. The molecule has 0 radical (unpaired) electrons. The monoisotopic (exact) mass is 290 g/mol. The summed E-state index contributed by atoms with van der Waals surface area (Å²) in [5.41, 5.74) is 0.929. The first-order chi connectivity index (χ1) is 10.0. The molecule has 5 heteroatoms. The maximum absolute atomic E-state index is 12.2. The van der Waals surface area contributed by atoms with Crippen LogP contribution in [0.5, 0.6) is 5.75 Å². The highest BCUT2D eigenvalue weighted by Crippen LogP contribution is 2.21. The Morgan fingerprint density at radius 3 is 2.76 bits per heavy atom. The molecule has 1 fully saturated rings. The number of carbonyl (C=O) groups excluding carboxylic acids is 2. The molecule has 1 aromatic rings. The van der Waals surface area contributed by atoms with Crippen molar-refractivity contribution < 1.29 is 14.3 Å². The maximum Gasteiger partial charge on any atom is 0.225 e. The van der Waals surface area contributed by atoms with Crippen LogP contribution in [0.4, 0.5) is 0 Å². The Kier molecular flexibility index (Phi) is 4.83. The Morgan fingerprint density at radius 2 is 2.14 bits per heavy atom. The summed E-state index contributed by atoms with van der Waals surface area (Å²) in [4.78, 5) is 25.8. The fourth-order valence-corrected chi connectivity index (χ4v) is 2.58. The number of nitrogens with zero attached hydrogens (tertiary/aromatic N) is 1. The first-order valence-corrected chi connectivity index (χ1v) is 7.22. The maximum atomic E-state index is 12.2. The molecule has 114 valence electrons. The lowest BCUT2D eigenvalue weighted by atomic mass is 10.1. The van der Waals surface area contributed by atoms with Crippen molar-refractivity contribution in [1.29, 1.82) is 0 Å². The molecule has 5 nitrogen and oxygen atoms in total. The van der Waals surface area contributed by atoms with Crippen LogP contribution >= 0.6 is 0 Å². The van der Waals surface area contributed by atoms with E-state index in [0.717, 1.165) is 11.3 Å². The molecule has 1 aliphatic rings. The highest BCUT2D eigenvalue weighted by atomic mass is 16.5. The van der Waals surface area contributed by atoms with Crippen molar-refractivity contribution in [3.05, 3.63) is 29.8 Å². The summed E-state index contributed by atoms with van der Waals surface area (Å²) < 4.78 is 5.26. The lowest BCUT2D eigenvalue weighted by Gasteiger charge is -2.20. The van der Waals surface area contributed by atoms with E-state index in [1.807, 2.05) is 38.1 Å². The van der Waals surface area contributed by atoms with E-state index >= 15 is 0 Å². The number of hydrogen-bond acceptors (Lipinski definition) is 3. The fourth-order valence-electron chi connectivity index (χ4n) is 2.58. The van der Waals surface area contributed by atoms with Crippen LogP contribution in [0.25, 0.3) is 0 Å². The Bertz CT molecular complexity index is 528. The van der Waals surface area contributed by atoms with Crippen LogP contribution in [-0.2, 0) is 16.1 Å². The van der Waals surface area contributed by atoms with E-state index in [0.29, 0.717) is 19.5 Å². The van der Waals surface area contributed by atoms with Crippen LogP contribution in [-0.4, -0.2) is 36.4 Å². The van der Waals surface area contributed by atoms with Gasteiger partial charge in [-0.3, -0.25) is 9.59 Å². The molecule has 0 spiro atoms. The average molecular weight is 290 g/mol. The second-order valence-electron chi connectivity index (χ2n) is 5.57. The van der Waals surface area contributed by atoms with Gasteiger partial charge in [0.2, 0.25) is 11.8 Å². The number of likely N-dealkylation sites (tertiary alicyclic amines) is 1. The summed E-state index contributed by atoms with van der Waals surface area (Å²) in [5, 5.41) is 2.90. The van der Waals surface area contributed by atoms with Crippen molar-refractivity contribution in [2.75, 3.05) is 13.7 Å². The smallest absolute Gasteiger partial charge is 0.225 e. The third-order valence-electron chi connectivity index (χ3n) is 3.80. The summed E-state index contributed by atoms with van der Waals surface area (Å²) in [6.45, 7) is 4.85. The summed E-state index contributed by atoms with van der Waals surface area (Å²) in [7, 11) is 1.61. The lowest BCUT2D eigenvalue weighted by molar-refractivity contribution is -0.130. The normalized spacial score (nSPS) is 18.2. The zero-order chi connectivity index (χ0) is 15.4. The fraction of sp³-hybridized carbons (Fsp3) is 0.500. The van der Waals surface area contributed by atoms with Crippen molar-refractivity contribution in [2.24, 2.45) is 5.92 Å². The number of amides is 2. The molecular weight excluding hydrogens is 268 g/mol. The molecule has 1 aromatic carbocycles. The average Bonchev–Trinajstić information content (AvgIpc) is 2.87. The summed E-state index contributed by atoms with van der Waals surface area (Å²) in [5.74, 6) is 0.485. The van der Waals surface area contributed by atoms with Gasteiger partial charge in [0, 0.05) is 31.1 Å². The first-order valence-electron chi connectivity index (χ1n) is 7.22. The predicted molar refractivity (Wildman–Crippen MR) is 79.8 cm³/mol. The highest BCUT2D eigenvalue weighted by Gasteiger charge is 2.35. The molecule has 1 heterocycles. The van der Waals surface area contributed by atoms with Gasteiger partial charge >= 0.3 is 0 Å². The highest BCUT2D eigenvalue weighted by molar-refractivity contribution is 5.89. The van der Waals surface area contributed by atoms with Crippen LogP contribution < -0.4 is 10.1 Å². The second kappa shape index (κ2) is 6.61. The zero-order valence-corrected chi connectivity index (χ0v) is 12.8. The van der Waals surface area contributed by atoms with E-state index in [2.05, 4.69) is 5.32 Å². The quantitative estimate of drug-likeness (QED) is 0.895. The molecule has 0 aromatic heterocycles. The van der Waals surface area contributed by atoms with Crippen LogP contribution in [0.3, 0.4) is 0 Å². The van der Waals surface area contributed by atoms with Crippen molar-refractivity contribution in [3.63, 3.8) is 0 Å². The molecular formula is C16H22N2O3. The van der Waals surface area contributed by atoms with Gasteiger partial charge in [0.25, 0.3) is 0 Å². The Balaban J connectivity index is 1.92. The molecule has 0 saturated carbocycles. The molecule has 21 heavy (non-hydrogen) atoms. The molecule has 1 saturated heterocycles. The minimum Gasteiger partial charge on any atom is -0.496 e. The molecule has 1 atom stereocenters. The first kappa shape index (κ1) is 15.4. The summed E-state index contributed by atoms with van der Waals surface area (Å²) >= 11 is 0. The molecule has 0 aliphatic carbocycles. The van der Waals surface area contributed by atoms with Crippen molar-refractivity contribution in [1.82, 2.24) is 10.2 Å². The van der Waals surface area contributed by atoms with Crippen molar-refractivity contribution in [3.8, 4) is 5.75 Å². The minimum absolute atomic E-state index is 0.0578. The number of methoxy groups -OCH3 is 1. The van der Waals surface area contributed by atoms with Gasteiger partial charge in [-0.1, -0.05) is 18.2 Å². The number of hydrogen-bond donors (Lipinski definition) is 1. The molecule has 0 bridgehead atoms. The van der Waals surface area contributed by atoms with Gasteiger partial charge in [0.1, 0.15) is 5.75 Å². The summed E-state index contributed by atoms with van der Waals surface area (Å²) in [6.07, 6.45) is 0.302. The van der Waals surface area contributed by atoms with Gasteiger partial charge in [0.15, 0.2) is 0 Å². The number of rotatable bonds is 5. The Labute approximate surface area is 125 Å². The Morgan fingerprint density at radius 1 is 1.43 bits per heavy atom. The zero-order valence-electron chi connectivity index (χ0n) is 12.8. The SMILES string of the molecule is COc1ccccc1CNC(=O)[C@H]1CC(=O)N(C(C)C)C1. The largest absolute Gasteiger partial charge is 0.496 e. The predicted octanol–water partition coefficient (Wildman–Crippen LogP) is 1.57. The number of ether oxygens (including phenoxy) is 1. The van der Waals surface area contributed by atoms with Crippen molar-refractivity contribution in [2.45, 2.75) is 32.9 Å². The van der Waals surface area contributed by atoms with Crippen molar-refractivity contribution >= 4 is 11.8 Å². The summed E-state index contributed by atoms with van der Waals surface area (Å²) in [6, 6.07) is 7.72. The van der Waals surface area contributed by atoms with E-state index in [-0.39, 0.29) is 23.8 Å². The van der Waals surface area contributed by atoms with Crippen LogP contribution in [0.15, 0.2) is 24.3 Å². The number of benzene rings is 1. The second-order valence-corrected chi connectivity index (χ2v) is 5.57. The van der Waals surface area contributed by atoms with E-state index < -0.39 is 0 Å². The molecule has 1 aliphatic heterocycles. The van der Waals surface area contributed by atoms with E-state index in [1.165, 1.54) is 0 Å². The van der Waals surface area contributed by atoms with E-state index in [9.17, 15) is 9.59 Å². The number of para-hydroxylation sites is 1. The van der Waals surface area contributed by atoms with E-state index in [4.69, 9.17) is 4.74 Å². The standard InChI is InChI=1S/C16H22N2O3/c1-11(2)18-10-13(8-15(18)19)16(20)17-9-12-6-4-5-7-14(12)21-3/h4-7,11,13H,8-10H2,1-3H3,(H,17,20)/t13-/m0/s1. The third-order valence-corrected chi connectivity index (χ3v) is 3.80. The topological polar surface area (TPSA) is 58.6 Å². The Hall–Kier alpha value is -2.04. The van der Waals surface area contributed by atoms with Gasteiger partial charge in [-0.15, -0.1) is 0 Å². The molecule has 0 unspecified atom stereocenters. The van der Waals surface area contributed by atoms with Gasteiger partial charge in [-0.05, 0) is 19.9 Å². The molecule has 2 rings (SSSR count). The molecule has 1 N–H and O–H groups in total. The molecule has 2 amide bonds. The van der Waals surface area contributed by atoms with Crippen LogP contribution in [0, 0.1) is 5.92 Å². The van der Waals surface area contributed by atoms with Gasteiger partial charge < -0.3 is 15.0 Å². The van der Waals surface area contributed by atoms with Gasteiger partial charge in [-0.2, -0.15) is 0 Å². The van der Waals surface area contributed by atoms with Crippen LogP contribution in [0.2, 0.25) is 0 Å². The van der Waals surface area contributed by atoms with Crippen LogP contribution in [0.1, 0.15) is 25.8 Å². The van der Waals surface area contributed by atoms with Gasteiger partial charge in [-0.25, -0.2) is 0 Å². The van der Waals surface area contributed by atoms with E-state index in [1.54, 1.807) is 12.0 Å². The minimum atomic E-state index is -0.255. The lowest BCUT2D eigenvalue weighted by Crippen LogP contribution is -2.35. The number of nitrogens with one attached hydrogen (secondary N) is 1. The number of carbonyl (C=O) groups is 2.